The van der Waals surface area contributed by atoms with E-state index in [1.165, 1.54) is 10.8 Å². The first-order chi connectivity index (χ1) is 7.33. The van der Waals surface area contributed by atoms with Crippen LogP contribution in [0.3, 0.4) is 0 Å². The summed E-state index contributed by atoms with van der Waals surface area (Å²) in [6.45, 7) is 2.09. The molecule has 0 unspecified atom stereocenters. The van der Waals surface area contributed by atoms with Crippen molar-refractivity contribution in [3.05, 3.63) is 48.0 Å². The van der Waals surface area contributed by atoms with Crippen LogP contribution in [-0.2, 0) is 0 Å². The summed E-state index contributed by atoms with van der Waals surface area (Å²) >= 11 is 0. The van der Waals surface area contributed by atoms with E-state index in [1.807, 2.05) is 24.3 Å². The Kier molecular flexibility index (Phi) is 3.02. The van der Waals surface area contributed by atoms with Gasteiger partial charge in [-0.2, -0.15) is 0 Å². The fourth-order valence-corrected chi connectivity index (χ4v) is 1.97. The molecule has 78 valence electrons. The van der Waals surface area contributed by atoms with Crippen molar-refractivity contribution in [2.45, 2.75) is 25.9 Å². The molecule has 1 nitrogen and oxygen atoms in total. The molecule has 0 heterocycles. The molecule has 0 fully saturated rings. The number of aliphatic hydroxyl groups is 1. The molecule has 0 aliphatic carbocycles. The summed E-state index contributed by atoms with van der Waals surface area (Å²) in [4.78, 5) is 0. The van der Waals surface area contributed by atoms with Crippen LogP contribution in [0.5, 0.6) is 0 Å². The minimum atomic E-state index is -0.332. The van der Waals surface area contributed by atoms with Crippen molar-refractivity contribution in [1.82, 2.24) is 0 Å². The van der Waals surface area contributed by atoms with Gasteiger partial charge >= 0.3 is 0 Å². The third-order valence-electron chi connectivity index (χ3n) is 2.74. The highest BCUT2D eigenvalue weighted by Crippen LogP contribution is 2.26. The first kappa shape index (κ1) is 10.2. The highest BCUT2D eigenvalue weighted by atomic mass is 16.3. The minimum Gasteiger partial charge on any atom is -0.388 e. The van der Waals surface area contributed by atoms with E-state index in [-0.39, 0.29) is 6.10 Å². The van der Waals surface area contributed by atoms with Crippen LogP contribution in [0.4, 0.5) is 0 Å². The van der Waals surface area contributed by atoms with Gasteiger partial charge in [0.05, 0.1) is 6.10 Å². The molecular weight excluding hydrogens is 184 g/mol. The Balaban J connectivity index is 2.50. The molecule has 1 atom stereocenters. The van der Waals surface area contributed by atoms with E-state index in [4.69, 9.17) is 0 Å². The Morgan fingerprint density at radius 3 is 2.60 bits per heavy atom. The van der Waals surface area contributed by atoms with Crippen molar-refractivity contribution in [2.24, 2.45) is 0 Å². The number of fused-ring (bicyclic) bond motifs is 1. The van der Waals surface area contributed by atoms with E-state index in [0.717, 1.165) is 18.4 Å². The molecule has 0 aliphatic rings. The summed E-state index contributed by atoms with van der Waals surface area (Å²) in [6.07, 6.45) is 1.50. The van der Waals surface area contributed by atoms with Gasteiger partial charge < -0.3 is 5.11 Å². The van der Waals surface area contributed by atoms with Crippen molar-refractivity contribution in [3.8, 4) is 0 Å². The van der Waals surface area contributed by atoms with Crippen molar-refractivity contribution >= 4 is 10.8 Å². The molecule has 1 N–H and O–H groups in total. The van der Waals surface area contributed by atoms with Crippen LogP contribution >= 0.6 is 0 Å². The van der Waals surface area contributed by atoms with Gasteiger partial charge in [-0.05, 0) is 22.8 Å². The van der Waals surface area contributed by atoms with Crippen molar-refractivity contribution in [1.29, 1.82) is 0 Å². The molecule has 0 aliphatic heterocycles. The molecule has 2 rings (SSSR count). The topological polar surface area (TPSA) is 20.2 Å². The Labute approximate surface area is 90.4 Å². The largest absolute Gasteiger partial charge is 0.388 e. The second kappa shape index (κ2) is 4.45. The molecule has 0 radical (unpaired) electrons. The van der Waals surface area contributed by atoms with Gasteiger partial charge in [-0.15, -0.1) is 0 Å². The lowest BCUT2D eigenvalue weighted by atomic mass is 9.98. The van der Waals surface area contributed by atoms with Gasteiger partial charge in [-0.3, -0.25) is 0 Å². The average Bonchev–Trinajstić information content (AvgIpc) is 2.28. The lowest BCUT2D eigenvalue weighted by molar-refractivity contribution is 0.168. The standard InChI is InChI=1S/C14H16O/c1-2-6-14(15)13-10-5-8-11-7-3-4-9-12(11)13/h3-5,7-10,14-15H,2,6H2,1H3/t14-/m0/s1. The second-order valence-corrected chi connectivity index (χ2v) is 3.87. The smallest absolute Gasteiger partial charge is 0.0795 e. The number of hydrogen-bond donors (Lipinski definition) is 1. The van der Waals surface area contributed by atoms with Gasteiger partial charge in [0, 0.05) is 0 Å². The van der Waals surface area contributed by atoms with E-state index in [0.29, 0.717) is 0 Å². The summed E-state index contributed by atoms with van der Waals surface area (Å²) in [5.74, 6) is 0. The monoisotopic (exact) mass is 200 g/mol. The van der Waals surface area contributed by atoms with E-state index in [1.54, 1.807) is 0 Å². The zero-order valence-electron chi connectivity index (χ0n) is 8.98. The molecule has 2 aromatic rings. The molecule has 2 aromatic carbocycles. The SMILES string of the molecule is CCC[C@H](O)c1cccc2ccccc12. The first-order valence-electron chi connectivity index (χ1n) is 5.48. The molecular formula is C14H16O. The molecule has 1 heteroatoms. The lowest BCUT2D eigenvalue weighted by Gasteiger charge is -2.12. The first-order valence-corrected chi connectivity index (χ1v) is 5.48. The van der Waals surface area contributed by atoms with Gasteiger partial charge in [0.2, 0.25) is 0 Å². The Morgan fingerprint density at radius 2 is 1.80 bits per heavy atom. The van der Waals surface area contributed by atoms with Gasteiger partial charge in [0.1, 0.15) is 0 Å². The van der Waals surface area contributed by atoms with Crippen LogP contribution in [0.25, 0.3) is 10.8 Å². The molecule has 0 bridgehead atoms. The number of aliphatic hydroxyl groups excluding tert-OH is 1. The maximum absolute atomic E-state index is 10.0. The number of benzene rings is 2. The quantitative estimate of drug-likeness (QED) is 0.801. The summed E-state index contributed by atoms with van der Waals surface area (Å²) in [5, 5.41) is 12.4. The molecule has 0 saturated carbocycles. The number of hydrogen-bond acceptors (Lipinski definition) is 1. The van der Waals surface area contributed by atoms with E-state index < -0.39 is 0 Å². The van der Waals surface area contributed by atoms with Crippen LogP contribution in [0.2, 0.25) is 0 Å². The van der Waals surface area contributed by atoms with E-state index in [2.05, 4.69) is 25.1 Å². The highest BCUT2D eigenvalue weighted by Gasteiger charge is 2.08. The Hall–Kier alpha value is -1.34. The predicted molar refractivity (Wildman–Crippen MR) is 63.8 cm³/mol. The van der Waals surface area contributed by atoms with Crippen LogP contribution in [-0.4, -0.2) is 5.11 Å². The van der Waals surface area contributed by atoms with Crippen molar-refractivity contribution < 1.29 is 5.11 Å². The zero-order chi connectivity index (χ0) is 10.7. The van der Waals surface area contributed by atoms with Crippen LogP contribution < -0.4 is 0 Å². The number of rotatable bonds is 3. The minimum absolute atomic E-state index is 0.332. The summed E-state index contributed by atoms with van der Waals surface area (Å²) < 4.78 is 0. The van der Waals surface area contributed by atoms with Gasteiger partial charge in [0.25, 0.3) is 0 Å². The van der Waals surface area contributed by atoms with Crippen molar-refractivity contribution in [3.63, 3.8) is 0 Å². The summed E-state index contributed by atoms with van der Waals surface area (Å²) in [7, 11) is 0. The predicted octanol–water partition coefficient (Wildman–Crippen LogP) is 3.67. The van der Waals surface area contributed by atoms with Gasteiger partial charge in [-0.1, -0.05) is 55.8 Å². The molecule has 0 amide bonds. The lowest BCUT2D eigenvalue weighted by Crippen LogP contribution is -1.97. The Morgan fingerprint density at radius 1 is 1.07 bits per heavy atom. The summed E-state index contributed by atoms with van der Waals surface area (Å²) in [6, 6.07) is 14.3. The highest BCUT2D eigenvalue weighted by molar-refractivity contribution is 5.85. The van der Waals surface area contributed by atoms with Gasteiger partial charge in [0.15, 0.2) is 0 Å². The molecule has 15 heavy (non-hydrogen) atoms. The van der Waals surface area contributed by atoms with Crippen molar-refractivity contribution in [2.75, 3.05) is 0 Å². The average molecular weight is 200 g/mol. The maximum atomic E-state index is 10.0. The normalized spacial score (nSPS) is 12.9. The third kappa shape index (κ3) is 2.02. The van der Waals surface area contributed by atoms with Crippen LogP contribution in [0.1, 0.15) is 31.4 Å². The summed E-state index contributed by atoms with van der Waals surface area (Å²) in [5.41, 5.74) is 1.05. The molecule has 0 aromatic heterocycles. The fraction of sp³-hybridized carbons (Fsp3) is 0.286. The third-order valence-corrected chi connectivity index (χ3v) is 2.74. The van der Waals surface area contributed by atoms with E-state index >= 15 is 0 Å². The molecule has 0 spiro atoms. The van der Waals surface area contributed by atoms with Gasteiger partial charge in [-0.25, -0.2) is 0 Å². The van der Waals surface area contributed by atoms with E-state index in [9.17, 15) is 5.11 Å². The molecule has 0 saturated heterocycles. The zero-order valence-corrected chi connectivity index (χ0v) is 8.98. The maximum Gasteiger partial charge on any atom is 0.0795 e. The Bertz CT molecular complexity index is 443. The fourth-order valence-electron chi connectivity index (χ4n) is 1.97. The van der Waals surface area contributed by atoms with Crippen LogP contribution in [0, 0.1) is 0 Å². The second-order valence-electron chi connectivity index (χ2n) is 3.87. The van der Waals surface area contributed by atoms with Crippen LogP contribution in [0.15, 0.2) is 42.5 Å².